The van der Waals surface area contributed by atoms with E-state index in [1.807, 2.05) is 6.92 Å². The van der Waals surface area contributed by atoms with Gasteiger partial charge in [0.25, 0.3) is 0 Å². The number of hydrogen-bond donors (Lipinski definition) is 2. The molecule has 0 aliphatic heterocycles. The van der Waals surface area contributed by atoms with Gasteiger partial charge < -0.3 is 15.8 Å². The van der Waals surface area contributed by atoms with Crippen molar-refractivity contribution in [1.82, 2.24) is 0 Å². The molecule has 0 heterocycles. The first kappa shape index (κ1) is 15.9. The molecule has 1 saturated carbocycles. The largest absolute Gasteiger partial charge is 0.389 e. The van der Waals surface area contributed by atoms with Crippen LogP contribution in [0.3, 0.4) is 0 Å². The summed E-state index contributed by atoms with van der Waals surface area (Å²) in [5.41, 5.74) is 6.35. The molecule has 1 aliphatic rings. The molecule has 0 unspecified atom stereocenters. The molecule has 4 nitrogen and oxygen atoms in total. The minimum absolute atomic E-state index is 0.0600. The van der Waals surface area contributed by atoms with Crippen molar-refractivity contribution in [3.05, 3.63) is 29.6 Å². The highest BCUT2D eigenvalue weighted by molar-refractivity contribution is 7.80. The number of amides is 1. The van der Waals surface area contributed by atoms with Gasteiger partial charge >= 0.3 is 0 Å². The molecule has 0 aromatic heterocycles. The van der Waals surface area contributed by atoms with Crippen LogP contribution in [0.4, 0.5) is 10.1 Å². The summed E-state index contributed by atoms with van der Waals surface area (Å²) in [4.78, 5) is 12.1. The first-order valence-electron chi connectivity index (χ1n) is 7.00. The second kappa shape index (κ2) is 6.95. The molecule has 6 heteroatoms. The van der Waals surface area contributed by atoms with Crippen molar-refractivity contribution >= 4 is 28.8 Å². The molecule has 1 fully saturated rings. The molecule has 0 atom stereocenters. The third kappa shape index (κ3) is 4.22. The molecule has 21 heavy (non-hydrogen) atoms. The van der Waals surface area contributed by atoms with Gasteiger partial charge in [-0.2, -0.15) is 0 Å². The van der Waals surface area contributed by atoms with Crippen molar-refractivity contribution < 1.29 is 13.9 Å². The number of rotatable bonds is 6. The van der Waals surface area contributed by atoms with Crippen LogP contribution in [-0.2, 0) is 9.53 Å². The lowest BCUT2D eigenvalue weighted by molar-refractivity contribution is -0.119. The summed E-state index contributed by atoms with van der Waals surface area (Å²) in [7, 11) is 0. The molecule has 1 aromatic carbocycles. The molecule has 1 amide bonds. The standard InChI is InChI=1S/C15H19FN2O2S/c1-2-20-11-5-9(6-11)7-14(19)18-13-4-3-10(16)8-12(13)15(17)21/h3-4,8-9,11H,2,5-7H2,1H3,(H2,17,21)(H,18,19). The molecule has 1 aromatic rings. The first-order chi connectivity index (χ1) is 9.99. The van der Waals surface area contributed by atoms with E-state index < -0.39 is 5.82 Å². The second-order valence-corrected chi connectivity index (χ2v) is 5.66. The maximum Gasteiger partial charge on any atom is 0.224 e. The third-order valence-electron chi connectivity index (χ3n) is 3.59. The van der Waals surface area contributed by atoms with Crippen LogP contribution in [0.2, 0.25) is 0 Å². The van der Waals surface area contributed by atoms with E-state index >= 15 is 0 Å². The van der Waals surface area contributed by atoms with Crippen molar-refractivity contribution in [2.24, 2.45) is 11.7 Å². The fraction of sp³-hybridized carbons (Fsp3) is 0.467. The van der Waals surface area contributed by atoms with Crippen molar-refractivity contribution in [1.29, 1.82) is 0 Å². The number of nitrogens with one attached hydrogen (secondary N) is 1. The number of benzene rings is 1. The summed E-state index contributed by atoms with van der Waals surface area (Å²) in [5.74, 6) is -0.205. The van der Waals surface area contributed by atoms with E-state index in [9.17, 15) is 9.18 Å². The lowest BCUT2D eigenvalue weighted by Crippen LogP contribution is -2.34. The topological polar surface area (TPSA) is 64.3 Å². The Hall–Kier alpha value is -1.53. The molecule has 114 valence electrons. The highest BCUT2D eigenvalue weighted by atomic mass is 32.1. The van der Waals surface area contributed by atoms with Gasteiger partial charge in [0.1, 0.15) is 10.8 Å². The van der Waals surface area contributed by atoms with E-state index in [2.05, 4.69) is 5.32 Å². The average Bonchev–Trinajstić information content (AvgIpc) is 2.38. The quantitative estimate of drug-likeness (QED) is 0.793. The van der Waals surface area contributed by atoms with E-state index in [-0.39, 0.29) is 17.0 Å². The smallest absolute Gasteiger partial charge is 0.224 e. The Balaban J connectivity index is 1.90. The summed E-state index contributed by atoms with van der Waals surface area (Å²) >= 11 is 4.87. The number of nitrogens with two attached hydrogens (primary N) is 1. The van der Waals surface area contributed by atoms with Crippen LogP contribution >= 0.6 is 12.2 Å². The van der Waals surface area contributed by atoms with Gasteiger partial charge in [-0.15, -0.1) is 0 Å². The highest BCUT2D eigenvalue weighted by Crippen LogP contribution is 2.33. The van der Waals surface area contributed by atoms with Crippen molar-refractivity contribution in [2.75, 3.05) is 11.9 Å². The minimum atomic E-state index is -0.436. The molecular formula is C15H19FN2O2S. The SMILES string of the molecule is CCOC1CC(CC(=O)Nc2ccc(F)cc2C(N)=S)C1. The minimum Gasteiger partial charge on any atom is -0.389 e. The lowest BCUT2D eigenvalue weighted by atomic mass is 9.80. The van der Waals surface area contributed by atoms with Gasteiger partial charge in [-0.25, -0.2) is 4.39 Å². The Morgan fingerprint density at radius 2 is 2.24 bits per heavy atom. The predicted octanol–water partition coefficient (Wildman–Crippen LogP) is 2.60. The van der Waals surface area contributed by atoms with Crippen LogP contribution in [0.15, 0.2) is 18.2 Å². The monoisotopic (exact) mass is 310 g/mol. The van der Waals surface area contributed by atoms with Crippen molar-refractivity contribution in [2.45, 2.75) is 32.3 Å². The Bertz CT molecular complexity index is 544. The molecule has 0 saturated heterocycles. The van der Waals surface area contributed by atoms with Crippen molar-refractivity contribution in [3.63, 3.8) is 0 Å². The van der Waals surface area contributed by atoms with Crippen LogP contribution in [0.25, 0.3) is 0 Å². The number of hydrogen-bond acceptors (Lipinski definition) is 3. The van der Waals surface area contributed by atoms with Gasteiger partial charge in [0.2, 0.25) is 5.91 Å². The summed E-state index contributed by atoms with van der Waals surface area (Å²) in [6, 6.07) is 3.98. The summed E-state index contributed by atoms with van der Waals surface area (Å²) in [6.07, 6.45) is 2.53. The number of carbonyl (C=O) groups is 1. The van der Waals surface area contributed by atoms with Crippen LogP contribution in [0, 0.1) is 11.7 Å². The number of carbonyl (C=O) groups excluding carboxylic acids is 1. The van der Waals surface area contributed by atoms with Gasteiger partial charge in [0.15, 0.2) is 0 Å². The fourth-order valence-electron chi connectivity index (χ4n) is 2.51. The van der Waals surface area contributed by atoms with Gasteiger partial charge in [-0.3, -0.25) is 4.79 Å². The first-order valence-corrected chi connectivity index (χ1v) is 7.41. The van der Waals surface area contributed by atoms with Gasteiger partial charge in [-0.05, 0) is 43.9 Å². The Labute approximate surface area is 128 Å². The van der Waals surface area contributed by atoms with Gasteiger partial charge in [0, 0.05) is 18.6 Å². The van der Waals surface area contributed by atoms with Gasteiger partial charge in [-0.1, -0.05) is 12.2 Å². The molecule has 0 spiro atoms. The van der Waals surface area contributed by atoms with Crippen LogP contribution in [-0.4, -0.2) is 23.6 Å². The molecular weight excluding hydrogens is 291 g/mol. The van der Waals surface area contributed by atoms with E-state index in [4.69, 9.17) is 22.7 Å². The third-order valence-corrected chi connectivity index (χ3v) is 3.81. The summed E-state index contributed by atoms with van der Waals surface area (Å²) < 4.78 is 18.7. The van der Waals surface area contributed by atoms with Crippen LogP contribution in [0.5, 0.6) is 0 Å². The number of anilines is 1. The summed E-state index contributed by atoms with van der Waals surface area (Å²) in [5, 5.41) is 2.75. The van der Waals surface area contributed by atoms with E-state index in [0.29, 0.717) is 30.2 Å². The zero-order valence-electron chi connectivity index (χ0n) is 11.9. The number of ether oxygens (including phenoxy) is 1. The summed E-state index contributed by atoms with van der Waals surface area (Å²) in [6.45, 7) is 2.67. The van der Waals surface area contributed by atoms with E-state index in [0.717, 1.165) is 12.8 Å². The number of thiocarbonyl (C=S) groups is 1. The number of halogens is 1. The second-order valence-electron chi connectivity index (χ2n) is 5.22. The molecule has 1 aliphatic carbocycles. The lowest BCUT2D eigenvalue weighted by Gasteiger charge is -2.34. The van der Waals surface area contributed by atoms with E-state index in [1.54, 1.807) is 0 Å². The van der Waals surface area contributed by atoms with E-state index in [1.165, 1.54) is 18.2 Å². The highest BCUT2D eigenvalue weighted by Gasteiger charge is 2.31. The molecule has 0 bridgehead atoms. The zero-order valence-corrected chi connectivity index (χ0v) is 12.7. The average molecular weight is 310 g/mol. The normalized spacial score (nSPS) is 20.7. The molecule has 3 N–H and O–H groups in total. The van der Waals surface area contributed by atoms with Crippen LogP contribution < -0.4 is 11.1 Å². The molecule has 0 radical (unpaired) electrons. The maximum atomic E-state index is 13.2. The Morgan fingerprint density at radius 1 is 1.52 bits per heavy atom. The van der Waals surface area contributed by atoms with Gasteiger partial charge in [0.05, 0.1) is 11.8 Å². The zero-order chi connectivity index (χ0) is 15.4. The Morgan fingerprint density at radius 3 is 2.86 bits per heavy atom. The Kier molecular flexibility index (Phi) is 5.25. The maximum absolute atomic E-state index is 13.2. The molecule has 2 rings (SSSR count). The van der Waals surface area contributed by atoms with Crippen molar-refractivity contribution in [3.8, 4) is 0 Å². The predicted molar refractivity (Wildman–Crippen MR) is 83.7 cm³/mol. The fourth-order valence-corrected chi connectivity index (χ4v) is 2.67. The van der Waals surface area contributed by atoms with Crippen LogP contribution in [0.1, 0.15) is 31.7 Å².